The fourth-order valence-corrected chi connectivity index (χ4v) is 9.96. The van der Waals surface area contributed by atoms with Crippen molar-refractivity contribution in [3.8, 4) is 0 Å². The summed E-state index contributed by atoms with van der Waals surface area (Å²) in [5.41, 5.74) is -1.76. The molecule has 0 amide bonds. The smallest absolute Gasteiger partial charge is 0.329 e. The largest absolute Gasteiger partial charge is 0.416 e. The molecule has 47 heavy (non-hydrogen) atoms. The Kier molecular flexibility index (Phi) is 10.1. The van der Waals surface area contributed by atoms with Gasteiger partial charge in [0.05, 0.1) is 17.1 Å². The predicted molar refractivity (Wildman–Crippen MR) is 181 cm³/mol. The van der Waals surface area contributed by atoms with Crippen molar-refractivity contribution in [3.05, 3.63) is 66.2 Å². The van der Waals surface area contributed by atoms with Gasteiger partial charge in [0.15, 0.2) is 19.9 Å². The van der Waals surface area contributed by atoms with Crippen LogP contribution in [0.5, 0.6) is 0 Å². The van der Waals surface area contributed by atoms with Crippen LogP contribution in [0.3, 0.4) is 0 Å². The number of hydrogen-bond acceptors (Lipinski definition) is 12. The Labute approximate surface area is 282 Å². The molecule has 0 bridgehead atoms. The summed E-state index contributed by atoms with van der Waals surface area (Å²) in [5, 5.41) is 8.87. The number of nitrogens with one attached hydrogen (secondary N) is 2. The number of hydrogen-bond donors (Lipinski definition) is 3. The first kappa shape index (κ1) is 36.3. The minimum atomic E-state index is -1.90. The second-order valence-corrected chi connectivity index (χ2v) is 22.1. The molecule has 3 N–H and O–H groups in total. The first-order chi connectivity index (χ1) is 21.7. The topological polar surface area (TPSA) is 176 Å². The van der Waals surface area contributed by atoms with Crippen LogP contribution in [-0.4, -0.2) is 92.2 Å². The van der Waals surface area contributed by atoms with Crippen molar-refractivity contribution in [2.45, 2.75) is 124 Å². The molecule has 6 heterocycles. The number of H-pyrrole nitrogens is 2. The van der Waals surface area contributed by atoms with Gasteiger partial charge in [-0.3, -0.25) is 28.7 Å². The molecule has 4 saturated heterocycles. The molecule has 262 valence electrons. The SMILES string of the molecule is CC1(C)O[C@@H]2[C@H](O1)[C@@H](CO)S[C@H]2n1ccc(=O)[nH]c1=O.CC1(C)O[C@@H]2[C@H](O1)[C@@H](CO[Si](C)(C)C(C)(C)C)S[C@H]2n1ccc(=O)[nH]c1=O. The molecule has 8 atom stereocenters. The lowest BCUT2D eigenvalue weighted by Gasteiger charge is -2.37. The zero-order valence-electron chi connectivity index (χ0n) is 28.2. The minimum Gasteiger partial charge on any atom is -0.416 e. The average molecular weight is 715 g/mol. The van der Waals surface area contributed by atoms with Crippen LogP contribution in [0.25, 0.3) is 0 Å². The van der Waals surface area contributed by atoms with Gasteiger partial charge in [-0.15, -0.1) is 23.5 Å². The van der Waals surface area contributed by atoms with Gasteiger partial charge in [0, 0.05) is 31.1 Å². The Bertz CT molecular complexity index is 1680. The van der Waals surface area contributed by atoms with Crippen molar-refractivity contribution in [1.82, 2.24) is 19.1 Å². The van der Waals surface area contributed by atoms with Crippen molar-refractivity contribution in [2.24, 2.45) is 0 Å². The first-order valence-electron chi connectivity index (χ1n) is 15.6. The third kappa shape index (κ3) is 7.62. The van der Waals surface area contributed by atoms with Crippen molar-refractivity contribution in [3.63, 3.8) is 0 Å². The summed E-state index contributed by atoms with van der Waals surface area (Å²) in [4.78, 5) is 51.3. The molecule has 4 aliphatic heterocycles. The van der Waals surface area contributed by atoms with E-state index in [0.29, 0.717) is 6.61 Å². The maximum atomic E-state index is 12.3. The van der Waals surface area contributed by atoms with Crippen molar-refractivity contribution >= 4 is 31.8 Å². The quantitative estimate of drug-likeness (QED) is 0.373. The van der Waals surface area contributed by atoms with E-state index in [1.165, 1.54) is 45.4 Å². The number of thioether (sulfide) groups is 2. The van der Waals surface area contributed by atoms with Gasteiger partial charge in [-0.25, -0.2) is 9.59 Å². The fraction of sp³-hybridized carbons (Fsp3) is 0.733. The second-order valence-electron chi connectivity index (χ2n) is 14.5. The molecule has 2 aromatic rings. The Morgan fingerprint density at radius 2 is 1.19 bits per heavy atom. The van der Waals surface area contributed by atoms with E-state index in [1.54, 1.807) is 25.6 Å². The van der Waals surface area contributed by atoms with E-state index in [4.69, 9.17) is 23.4 Å². The maximum absolute atomic E-state index is 12.3. The highest BCUT2D eigenvalue weighted by Crippen LogP contribution is 2.52. The van der Waals surface area contributed by atoms with Crippen LogP contribution in [0, 0.1) is 0 Å². The van der Waals surface area contributed by atoms with E-state index in [1.807, 2.05) is 13.8 Å². The molecule has 4 fully saturated rings. The third-order valence-electron chi connectivity index (χ3n) is 9.10. The second kappa shape index (κ2) is 13.1. The van der Waals surface area contributed by atoms with Crippen LogP contribution < -0.4 is 22.5 Å². The summed E-state index contributed by atoms with van der Waals surface area (Å²) in [5.74, 6) is -1.45. The van der Waals surface area contributed by atoms with Gasteiger partial charge in [0.2, 0.25) is 0 Å². The van der Waals surface area contributed by atoms with Crippen LogP contribution in [0.2, 0.25) is 18.1 Å². The predicted octanol–water partition coefficient (Wildman–Crippen LogP) is 2.36. The summed E-state index contributed by atoms with van der Waals surface area (Å²) in [6, 6.07) is 2.65. The Morgan fingerprint density at radius 1 is 0.787 bits per heavy atom. The van der Waals surface area contributed by atoms with Crippen LogP contribution in [0.15, 0.2) is 43.7 Å². The number of aliphatic hydroxyl groups is 1. The molecule has 4 aliphatic rings. The van der Waals surface area contributed by atoms with Crippen LogP contribution in [0.1, 0.15) is 59.2 Å². The highest BCUT2D eigenvalue weighted by molar-refractivity contribution is 8.00. The molecule has 0 aliphatic carbocycles. The first-order valence-corrected chi connectivity index (χ1v) is 20.4. The number of fused-ring (bicyclic) bond motifs is 2. The third-order valence-corrected chi connectivity index (χ3v) is 16.7. The summed E-state index contributed by atoms with van der Waals surface area (Å²) in [6.07, 6.45) is 1.92. The van der Waals surface area contributed by atoms with Crippen LogP contribution in [-0.2, 0) is 23.4 Å². The van der Waals surface area contributed by atoms with E-state index in [0.717, 1.165) is 0 Å². The van der Waals surface area contributed by atoms with Gasteiger partial charge in [0.25, 0.3) is 11.1 Å². The number of nitrogens with zero attached hydrogens (tertiary/aromatic N) is 2. The number of aliphatic hydroxyl groups excluding tert-OH is 1. The number of ether oxygens (including phenoxy) is 4. The van der Waals surface area contributed by atoms with Crippen LogP contribution in [0.4, 0.5) is 0 Å². The molecule has 0 spiro atoms. The Hall–Kier alpha value is -1.96. The Balaban J connectivity index is 0.000000193. The molecule has 0 radical (unpaired) electrons. The van der Waals surface area contributed by atoms with E-state index < -0.39 is 42.4 Å². The molecule has 2 aromatic heterocycles. The van der Waals surface area contributed by atoms with Crippen molar-refractivity contribution < 1.29 is 28.5 Å². The number of aromatic amines is 2. The normalized spacial score (nSPS) is 32.5. The van der Waals surface area contributed by atoms with Gasteiger partial charge in [0.1, 0.15) is 35.2 Å². The summed E-state index contributed by atoms with van der Waals surface area (Å²) in [6.45, 7) is 19.0. The van der Waals surface area contributed by atoms with Crippen molar-refractivity contribution in [1.29, 1.82) is 0 Å². The fourth-order valence-electron chi connectivity index (χ4n) is 5.81. The molecule has 0 saturated carbocycles. The molecular weight excluding hydrogens is 669 g/mol. The van der Waals surface area contributed by atoms with Gasteiger partial charge < -0.3 is 28.5 Å². The standard InChI is InChI=1S/C18H30N2O5SSi.C12H16N2O5S/c1-17(2,3)27(6,7)23-10-11-13-14(25-18(4,5)24-13)15(26-11)20-9-8-12(21)19-16(20)22;1-12(2)18-8-6(5-15)20-10(9(8)19-12)14-4-3-7(16)13-11(14)17/h8-9,11,13-15H,10H2,1-7H3,(H,19,21,22);3-4,6,8-10,15H,5H2,1-2H3,(H,13,16,17)/t11-,13-,14-,15-;6-,8-,9-,10-/m11/s1. The Morgan fingerprint density at radius 3 is 1.60 bits per heavy atom. The van der Waals surface area contributed by atoms with Gasteiger partial charge >= 0.3 is 11.4 Å². The number of rotatable bonds is 6. The van der Waals surface area contributed by atoms with E-state index in [2.05, 4.69) is 43.8 Å². The van der Waals surface area contributed by atoms with E-state index in [9.17, 15) is 24.3 Å². The minimum absolute atomic E-state index is 0.0507. The molecule has 17 heteroatoms. The van der Waals surface area contributed by atoms with E-state index in [-0.39, 0.29) is 57.3 Å². The zero-order chi connectivity index (χ0) is 34.7. The lowest BCUT2D eigenvalue weighted by Crippen LogP contribution is -2.43. The van der Waals surface area contributed by atoms with E-state index >= 15 is 0 Å². The molecule has 0 unspecified atom stereocenters. The highest BCUT2D eigenvalue weighted by Gasteiger charge is 2.57. The summed E-state index contributed by atoms with van der Waals surface area (Å²) >= 11 is 3.03. The lowest BCUT2D eigenvalue weighted by molar-refractivity contribution is -0.149. The number of aromatic nitrogens is 4. The van der Waals surface area contributed by atoms with Crippen molar-refractivity contribution in [2.75, 3.05) is 13.2 Å². The summed E-state index contributed by atoms with van der Waals surface area (Å²) in [7, 11) is -1.90. The van der Waals surface area contributed by atoms with Gasteiger partial charge in [-0.2, -0.15) is 0 Å². The zero-order valence-corrected chi connectivity index (χ0v) is 30.8. The highest BCUT2D eigenvalue weighted by atomic mass is 32.2. The maximum Gasteiger partial charge on any atom is 0.329 e. The monoisotopic (exact) mass is 714 g/mol. The molecular formula is C30H46N4O10S2Si. The van der Waals surface area contributed by atoms with Crippen LogP contribution >= 0.6 is 23.5 Å². The molecule has 6 rings (SSSR count). The average Bonchev–Trinajstić information content (AvgIpc) is 3.63. The molecule has 0 aromatic carbocycles. The van der Waals surface area contributed by atoms with Gasteiger partial charge in [-0.05, 0) is 45.8 Å². The molecule has 14 nitrogen and oxygen atoms in total. The summed E-state index contributed by atoms with van der Waals surface area (Å²) < 4.78 is 33.3. The van der Waals surface area contributed by atoms with Gasteiger partial charge in [-0.1, -0.05) is 20.8 Å². The lowest BCUT2D eigenvalue weighted by atomic mass is 10.1.